The molecule has 0 aliphatic heterocycles. The minimum absolute atomic E-state index is 0.591. The van der Waals surface area contributed by atoms with Crippen LogP contribution < -0.4 is 53.8 Å². The van der Waals surface area contributed by atoms with E-state index in [1.54, 1.807) is 0 Å². The minimum atomic E-state index is -6.47. The fourth-order valence-corrected chi connectivity index (χ4v) is 38.4. The maximum atomic E-state index is 17.2. The van der Waals surface area contributed by atoms with Crippen molar-refractivity contribution in [2.75, 3.05) is 0 Å². The highest BCUT2D eigenvalue weighted by molar-refractivity contribution is 8.28. The lowest BCUT2D eigenvalue weighted by molar-refractivity contribution is 0.380. The fourth-order valence-electron chi connectivity index (χ4n) is 12.4. The van der Waals surface area contributed by atoms with Crippen LogP contribution in [0.2, 0.25) is 26.2 Å². The first-order chi connectivity index (χ1) is 43.7. The summed E-state index contributed by atoms with van der Waals surface area (Å²) in [5.41, 5.74) is -18.1. The van der Waals surface area contributed by atoms with Gasteiger partial charge >= 0.3 is 0 Å². The van der Waals surface area contributed by atoms with E-state index in [9.17, 15) is 0 Å². The summed E-state index contributed by atoms with van der Waals surface area (Å²) < 4.78 is 489. The molecule has 0 spiro atoms. The molecule has 0 saturated heterocycles. The van der Waals surface area contributed by atoms with Crippen LogP contribution in [-0.4, -0.2) is 27.2 Å². The number of hydrogen-bond acceptors (Lipinski definition) is 0. The Morgan fingerprint density at radius 1 is 0.191 bits per heavy atom. The van der Waals surface area contributed by atoms with Gasteiger partial charge in [0.1, 0.15) is 81.5 Å². The van der Waals surface area contributed by atoms with E-state index in [1.807, 2.05) is 0 Å². The Kier molecular flexibility index (Phi) is 18.6. The average molecular weight is 1430 g/mol. The number of rotatable bonds is 14. The fraction of sp³-hybridized carbons (Fsp3) is 0.0690. The van der Waals surface area contributed by atoms with Gasteiger partial charge in [0.25, 0.3) is 0 Å². The van der Waals surface area contributed by atoms with Gasteiger partial charge in [-0.05, 0) is 0 Å². The summed E-state index contributed by atoms with van der Waals surface area (Å²) in [5.74, 6) is -113. The molecule has 0 N–H and O–H groups in total. The summed E-state index contributed by atoms with van der Waals surface area (Å²) in [6.07, 6.45) is 0. The first kappa shape index (κ1) is 70.6. The summed E-state index contributed by atoms with van der Waals surface area (Å²) in [7, 11) is -19.8. The van der Waals surface area contributed by atoms with E-state index in [4.69, 9.17) is 0 Å². The van der Waals surface area contributed by atoms with Gasteiger partial charge in [0.15, 0.2) is 105 Å². The third-order valence-corrected chi connectivity index (χ3v) is 39.7. The Morgan fingerprint density at radius 3 is 0.457 bits per heavy atom. The van der Waals surface area contributed by atoms with Gasteiger partial charge in [-0.25, -0.2) is 146 Å². The van der Waals surface area contributed by atoms with E-state index in [2.05, 4.69) is 0 Å². The van der Waals surface area contributed by atoms with Crippen molar-refractivity contribution in [3.63, 3.8) is 0 Å². The van der Waals surface area contributed by atoms with E-state index in [0.717, 1.165) is 62.6 Å². The zero-order valence-electron chi connectivity index (χ0n) is 46.5. The smallest absolute Gasteiger partial charge is 0.200 e. The van der Waals surface area contributed by atoms with Crippen molar-refractivity contribution in [1.29, 1.82) is 0 Å². The molecule has 0 aliphatic rings. The second kappa shape index (κ2) is 24.8. The summed E-state index contributed by atoms with van der Waals surface area (Å²) in [6.45, 7) is 2.96. The van der Waals surface area contributed by atoms with Gasteiger partial charge in [0.05, 0.1) is 15.5 Å². The molecule has 0 nitrogen and oxygen atoms in total. The molecule has 94 heavy (non-hydrogen) atoms. The molecular formula is C58H26B2F30P2Si2-2. The highest BCUT2D eigenvalue weighted by Gasteiger charge is 2.59. The lowest BCUT2D eigenvalue weighted by Gasteiger charge is -2.57. The van der Waals surface area contributed by atoms with Gasteiger partial charge in [-0.1, -0.05) is 132 Å². The predicted octanol–water partition coefficient (Wildman–Crippen LogP) is 13.6. The zero-order valence-corrected chi connectivity index (χ0v) is 50.3. The molecule has 494 valence electrons. The van der Waals surface area contributed by atoms with Crippen LogP contribution in [0.1, 0.15) is 0 Å². The molecule has 9 aromatic carbocycles. The van der Waals surface area contributed by atoms with Gasteiger partial charge in [-0.3, -0.25) is 0 Å². The monoisotopic (exact) mass is 1430 g/mol. The Labute approximate surface area is 511 Å². The van der Waals surface area contributed by atoms with E-state index in [0.29, 0.717) is 48.5 Å². The van der Waals surface area contributed by atoms with E-state index >= 15 is 132 Å². The quantitative estimate of drug-likeness (QED) is 0.0335. The van der Waals surface area contributed by atoms with Crippen molar-refractivity contribution in [2.45, 2.75) is 26.2 Å². The first-order valence-electron chi connectivity index (χ1n) is 26.0. The van der Waals surface area contributed by atoms with Crippen molar-refractivity contribution >= 4 is 95.7 Å². The van der Waals surface area contributed by atoms with Gasteiger partial charge in [-0.15, -0.1) is 32.8 Å². The Morgan fingerprint density at radius 2 is 0.319 bits per heavy atom. The van der Waals surface area contributed by atoms with Crippen molar-refractivity contribution in [2.24, 2.45) is 0 Å². The lowest BCUT2D eigenvalue weighted by atomic mass is 9.33. The number of hydrogen-bond donors (Lipinski definition) is 0. The van der Waals surface area contributed by atoms with Crippen LogP contribution in [0.4, 0.5) is 132 Å². The van der Waals surface area contributed by atoms with Crippen LogP contribution >= 0.6 is 14.7 Å². The molecule has 0 amide bonds. The van der Waals surface area contributed by atoms with E-state index < -0.39 is 270 Å². The molecular weight excluding hydrogens is 1410 g/mol. The minimum Gasteiger partial charge on any atom is -0.235 e. The summed E-state index contributed by atoms with van der Waals surface area (Å²) in [4.78, 5) is 0. The molecule has 0 radical (unpaired) electrons. The summed E-state index contributed by atoms with van der Waals surface area (Å²) >= 11 is 0. The van der Waals surface area contributed by atoms with Gasteiger partial charge < -0.3 is 0 Å². The molecule has 2 atom stereocenters. The Hall–Kier alpha value is -7.70. The molecule has 0 aromatic heterocycles. The van der Waals surface area contributed by atoms with Crippen LogP contribution in [0.5, 0.6) is 0 Å². The third-order valence-electron chi connectivity index (χ3n) is 16.3. The number of halogens is 30. The van der Waals surface area contributed by atoms with E-state index in [-0.39, 0.29) is 0 Å². The van der Waals surface area contributed by atoms with Gasteiger partial charge in [0, 0.05) is 0 Å². The molecule has 0 aliphatic carbocycles. The van der Waals surface area contributed by atoms with Crippen LogP contribution in [0, 0.1) is 175 Å². The SMILES string of the molecule is C[Si](C)(c1ccc([Si](C)(C)P(c2ccccc2)[B-](c2c(F)c(F)c(F)c(F)c2F)(c2c(F)c(F)c(F)c(F)c2F)c2c(F)c(F)c(F)c(F)c2F)cc1)P(c1ccccc1)[B-](c1c(F)c(F)c(F)c(F)c1F)(c1c(F)c(F)c(F)c(F)c1F)c1c(F)c(F)c(F)c(F)c1F. The Bertz CT molecular complexity index is 3860. The van der Waals surface area contributed by atoms with Crippen molar-refractivity contribution in [3.05, 3.63) is 259 Å². The molecule has 0 fully saturated rings. The van der Waals surface area contributed by atoms with Crippen molar-refractivity contribution in [3.8, 4) is 0 Å². The van der Waals surface area contributed by atoms with E-state index in [1.165, 1.54) is 0 Å². The molecule has 2 unspecified atom stereocenters. The molecule has 0 bridgehead atoms. The van der Waals surface area contributed by atoms with Crippen LogP contribution in [0.3, 0.4) is 0 Å². The van der Waals surface area contributed by atoms with Crippen molar-refractivity contribution < 1.29 is 132 Å². The lowest BCUT2D eigenvalue weighted by Crippen LogP contribution is -2.76. The van der Waals surface area contributed by atoms with Crippen LogP contribution in [-0.2, 0) is 0 Å². The molecule has 36 heteroatoms. The third kappa shape index (κ3) is 9.96. The summed E-state index contributed by atoms with van der Waals surface area (Å²) in [5, 5.41) is -3.45. The van der Waals surface area contributed by atoms with Gasteiger partial charge in [-0.2, -0.15) is 0 Å². The Balaban J connectivity index is 1.50. The van der Waals surface area contributed by atoms with Crippen LogP contribution in [0.15, 0.2) is 84.9 Å². The largest absolute Gasteiger partial charge is 0.235 e. The molecule has 0 heterocycles. The topological polar surface area (TPSA) is 0 Å². The number of benzene rings is 9. The van der Waals surface area contributed by atoms with Crippen molar-refractivity contribution in [1.82, 2.24) is 0 Å². The molecule has 9 rings (SSSR count). The first-order valence-corrected chi connectivity index (χ1v) is 36.5. The maximum Gasteiger partial charge on any atom is 0.200 e. The van der Waals surface area contributed by atoms with Gasteiger partial charge in [0.2, 0.25) is 0 Å². The molecule has 0 saturated carbocycles. The second-order valence-electron chi connectivity index (χ2n) is 21.6. The predicted molar refractivity (Wildman–Crippen MR) is 293 cm³/mol. The zero-order chi connectivity index (χ0) is 70.1. The normalized spacial score (nSPS) is 13.1. The van der Waals surface area contributed by atoms with Crippen LogP contribution in [0.25, 0.3) is 0 Å². The molecule has 9 aromatic rings. The highest BCUT2D eigenvalue weighted by Crippen LogP contribution is 2.58. The second-order valence-corrected chi connectivity index (χ2v) is 42.7. The average Bonchev–Trinajstić information content (AvgIpc) is 0.686. The highest BCUT2D eigenvalue weighted by atomic mass is 31.4. The maximum absolute atomic E-state index is 17.2. The summed E-state index contributed by atoms with van der Waals surface area (Å²) in [6, 6.07) is 10.2. The standard InChI is InChI=1S/C58H26B2F30P2Si2/c1-93(2,91(19-11-7-5-8-12-19)59(23-29(61)41(73)53(85)42(74)30(23)62,24-31(63)43(75)54(86)44(76)32(24)64)25-33(65)45(77)55(87)46(78)34(25)66)21-15-17-22(18-16-21)94(3,4)92(20-13-9-6-10-14-20)60(26-35(67)47(79)56(88)48(80)36(26)68,27-37(69)49(81)57(89)50(82)38(27)70)28-39(71)51(83)58(90)52(84)40(28)72/h5-18H,1-4H3/q-2.